The van der Waals surface area contributed by atoms with E-state index in [2.05, 4.69) is 50.3 Å². The summed E-state index contributed by atoms with van der Waals surface area (Å²) in [7, 11) is 0. The number of amides is 2. The van der Waals surface area contributed by atoms with Gasteiger partial charge in [0.05, 0.1) is 10.00 Å². The van der Waals surface area contributed by atoms with Gasteiger partial charge in [0.2, 0.25) is 0 Å². The zero-order valence-corrected chi connectivity index (χ0v) is 19.7. The van der Waals surface area contributed by atoms with Crippen molar-refractivity contribution in [2.24, 2.45) is 17.8 Å². The van der Waals surface area contributed by atoms with Crippen molar-refractivity contribution in [2.75, 3.05) is 18.1 Å². The SMILES string of the molecule is O=C(COC(=O)C1CC2CCCC(C1)C21SCCS1)NNC(=O)c1ccc(Br)cc1. The van der Waals surface area contributed by atoms with E-state index in [4.69, 9.17) is 4.74 Å². The Hall–Kier alpha value is -1.19. The number of hydrogen-bond acceptors (Lipinski definition) is 6. The van der Waals surface area contributed by atoms with E-state index < -0.39 is 11.8 Å². The number of esters is 1. The maximum atomic E-state index is 12.6. The lowest BCUT2D eigenvalue weighted by Gasteiger charge is -2.51. The minimum absolute atomic E-state index is 0.127. The molecule has 2 unspecified atom stereocenters. The number of benzene rings is 1. The Labute approximate surface area is 193 Å². The Balaban J connectivity index is 1.23. The average molecular weight is 513 g/mol. The van der Waals surface area contributed by atoms with Crippen LogP contribution in [0.1, 0.15) is 42.5 Å². The third-order valence-electron chi connectivity index (χ3n) is 6.22. The molecule has 162 valence electrons. The predicted molar refractivity (Wildman–Crippen MR) is 122 cm³/mol. The number of hydrazine groups is 1. The van der Waals surface area contributed by atoms with Crippen LogP contribution in [-0.4, -0.2) is 40.0 Å². The molecule has 1 aromatic carbocycles. The lowest BCUT2D eigenvalue weighted by atomic mass is 9.67. The first-order valence-electron chi connectivity index (χ1n) is 10.3. The van der Waals surface area contributed by atoms with Gasteiger partial charge in [-0.3, -0.25) is 25.2 Å². The molecule has 4 rings (SSSR count). The van der Waals surface area contributed by atoms with Gasteiger partial charge in [0, 0.05) is 21.5 Å². The van der Waals surface area contributed by atoms with Gasteiger partial charge in [0.25, 0.3) is 11.8 Å². The molecule has 2 amide bonds. The molecule has 1 aliphatic heterocycles. The minimum Gasteiger partial charge on any atom is -0.455 e. The van der Waals surface area contributed by atoms with Crippen molar-refractivity contribution in [3.63, 3.8) is 0 Å². The fraction of sp³-hybridized carbons (Fsp3) is 0.571. The number of rotatable bonds is 4. The second-order valence-electron chi connectivity index (χ2n) is 8.03. The van der Waals surface area contributed by atoms with E-state index in [0.717, 1.165) is 17.3 Å². The monoisotopic (exact) mass is 512 g/mol. The summed E-state index contributed by atoms with van der Waals surface area (Å²) in [5, 5.41) is 0. The van der Waals surface area contributed by atoms with E-state index in [1.165, 1.54) is 30.8 Å². The molecule has 1 heterocycles. The Morgan fingerprint density at radius 2 is 1.67 bits per heavy atom. The molecule has 2 aliphatic carbocycles. The molecule has 1 spiro atoms. The molecule has 2 saturated carbocycles. The highest BCUT2D eigenvalue weighted by molar-refractivity contribution is 9.10. The van der Waals surface area contributed by atoms with Crippen LogP contribution in [0, 0.1) is 17.8 Å². The van der Waals surface area contributed by atoms with Gasteiger partial charge in [-0.2, -0.15) is 0 Å². The van der Waals surface area contributed by atoms with E-state index in [1.807, 2.05) is 0 Å². The summed E-state index contributed by atoms with van der Waals surface area (Å²) in [6.45, 7) is -0.389. The first-order valence-corrected chi connectivity index (χ1v) is 13.0. The molecule has 1 saturated heterocycles. The standard InChI is InChI=1S/C21H25BrN2O4S2/c22-17-6-4-13(5-7-17)19(26)24-23-18(25)12-28-20(27)14-10-15-2-1-3-16(11-14)21(15)29-8-9-30-21/h4-7,14-16H,1-3,8-12H2,(H,23,25)(H,24,26). The van der Waals surface area contributed by atoms with Crippen LogP contribution in [0.15, 0.2) is 28.7 Å². The molecule has 2 bridgehead atoms. The van der Waals surface area contributed by atoms with Crippen LogP contribution in [0.3, 0.4) is 0 Å². The molecule has 9 heteroatoms. The molecule has 0 aromatic heterocycles. The normalized spacial score (nSPS) is 26.8. The van der Waals surface area contributed by atoms with Crippen molar-refractivity contribution in [1.29, 1.82) is 0 Å². The van der Waals surface area contributed by atoms with Crippen molar-refractivity contribution >= 4 is 57.2 Å². The topological polar surface area (TPSA) is 84.5 Å². The van der Waals surface area contributed by atoms with Gasteiger partial charge in [-0.25, -0.2) is 0 Å². The van der Waals surface area contributed by atoms with E-state index in [-0.39, 0.29) is 18.5 Å². The molecule has 2 atom stereocenters. The third-order valence-corrected chi connectivity index (χ3v) is 10.8. The number of carbonyl (C=O) groups excluding carboxylic acids is 3. The number of thioether (sulfide) groups is 2. The van der Waals surface area contributed by atoms with E-state index in [9.17, 15) is 14.4 Å². The lowest BCUT2D eigenvalue weighted by Crippen LogP contribution is -2.48. The van der Waals surface area contributed by atoms with Crippen LogP contribution < -0.4 is 10.9 Å². The van der Waals surface area contributed by atoms with Crippen molar-refractivity contribution < 1.29 is 19.1 Å². The highest BCUT2D eigenvalue weighted by Gasteiger charge is 2.55. The highest BCUT2D eigenvalue weighted by atomic mass is 79.9. The summed E-state index contributed by atoms with van der Waals surface area (Å²) in [6, 6.07) is 6.76. The summed E-state index contributed by atoms with van der Waals surface area (Å²) in [5.74, 6) is 2.13. The zero-order chi connectivity index (χ0) is 21.1. The smallest absolute Gasteiger partial charge is 0.309 e. The zero-order valence-electron chi connectivity index (χ0n) is 16.5. The maximum Gasteiger partial charge on any atom is 0.309 e. The fourth-order valence-electron chi connectivity index (χ4n) is 4.89. The molecule has 30 heavy (non-hydrogen) atoms. The fourth-order valence-corrected chi connectivity index (χ4v) is 9.09. The second kappa shape index (κ2) is 9.53. The Bertz CT molecular complexity index is 798. The van der Waals surface area contributed by atoms with Gasteiger partial charge in [-0.05, 0) is 61.8 Å². The number of nitrogens with one attached hydrogen (secondary N) is 2. The van der Waals surface area contributed by atoms with Crippen molar-refractivity contribution in [3.8, 4) is 0 Å². The van der Waals surface area contributed by atoms with Crippen LogP contribution in [0.25, 0.3) is 0 Å². The molecular formula is C21H25BrN2O4S2. The predicted octanol–water partition coefficient (Wildman–Crippen LogP) is 3.76. The van der Waals surface area contributed by atoms with Crippen LogP contribution in [0.2, 0.25) is 0 Å². The summed E-state index contributed by atoms with van der Waals surface area (Å²) >= 11 is 7.51. The van der Waals surface area contributed by atoms with Crippen LogP contribution in [0.4, 0.5) is 0 Å². The van der Waals surface area contributed by atoms with Crippen LogP contribution >= 0.6 is 39.5 Å². The van der Waals surface area contributed by atoms with E-state index in [0.29, 0.717) is 21.5 Å². The van der Waals surface area contributed by atoms with Gasteiger partial charge >= 0.3 is 5.97 Å². The summed E-state index contributed by atoms with van der Waals surface area (Å²) in [6.07, 6.45) is 5.33. The molecule has 1 aromatic rings. The van der Waals surface area contributed by atoms with Crippen LogP contribution in [-0.2, 0) is 14.3 Å². The summed E-state index contributed by atoms with van der Waals surface area (Å²) in [5.41, 5.74) is 5.05. The average Bonchev–Trinajstić information content (AvgIpc) is 3.20. The molecule has 0 radical (unpaired) electrons. The summed E-state index contributed by atoms with van der Waals surface area (Å²) < 4.78 is 6.46. The first kappa shape index (κ1) is 22.0. The Kier molecular flexibility index (Phi) is 6.99. The Morgan fingerprint density at radius 1 is 1.03 bits per heavy atom. The number of ether oxygens (including phenoxy) is 1. The van der Waals surface area contributed by atoms with Gasteiger partial charge < -0.3 is 4.74 Å². The molecule has 3 aliphatic rings. The van der Waals surface area contributed by atoms with Gasteiger partial charge in [-0.1, -0.05) is 22.4 Å². The molecule has 3 fully saturated rings. The summed E-state index contributed by atoms with van der Waals surface area (Å²) in [4.78, 5) is 36.7. The van der Waals surface area contributed by atoms with Gasteiger partial charge in [0.1, 0.15) is 0 Å². The maximum absolute atomic E-state index is 12.6. The molecule has 2 N–H and O–H groups in total. The number of carbonyl (C=O) groups is 3. The van der Waals surface area contributed by atoms with Gasteiger partial charge in [-0.15, -0.1) is 23.5 Å². The molecular weight excluding hydrogens is 488 g/mol. The van der Waals surface area contributed by atoms with E-state index >= 15 is 0 Å². The number of hydrogen-bond donors (Lipinski definition) is 2. The van der Waals surface area contributed by atoms with E-state index in [1.54, 1.807) is 24.3 Å². The molecule has 6 nitrogen and oxygen atoms in total. The highest BCUT2D eigenvalue weighted by Crippen LogP contribution is 2.64. The largest absolute Gasteiger partial charge is 0.455 e. The van der Waals surface area contributed by atoms with Crippen molar-refractivity contribution in [3.05, 3.63) is 34.3 Å². The van der Waals surface area contributed by atoms with Crippen molar-refractivity contribution in [2.45, 2.75) is 36.2 Å². The quantitative estimate of drug-likeness (QED) is 0.471. The second-order valence-corrected chi connectivity index (χ2v) is 11.9. The van der Waals surface area contributed by atoms with Crippen LogP contribution in [0.5, 0.6) is 0 Å². The Morgan fingerprint density at radius 3 is 2.30 bits per heavy atom. The number of halogens is 1. The first-order chi connectivity index (χ1) is 14.5. The third kappa shape index (κ3) is 4.67. The lowest BCUT2D eigenvalue weighted by molar-refractivity contribution is -0.155. The van der Waals surface area contributed by atoms with Gasteiger partial charge in [0.15, 0.2) is 6.61 Å². The van der Waals surface area contributed by atoms with Crippen molar-refractivity contribution in [1.82, 2.24) is 10.9 Å². The minimum atomic E-state index is -0.553.